The molecule has 0 bridgehead atoms. The number of rotatable bonds is 11. The van der Waals surface area contributed by atoms with Gasteiger partial charge in [0.25, 0.3) is 0 Å². The van der Waals surface area contributed by atoms with Crippen LogP contribution in [0.1, 0.15) is 11.1 Å². The van der Waals surface area contributed by atoms with Crippen LogP contribution in [0.5, 0.6) is 23.0 Å². The van der Waals surface area contributed by atoms with Gasteiger partial charge in [-0.25, -0.2) is 13.8 Å². The van der Waals surface area contributed by atoms with E-state index in [0.717, 1.165) is 68.8 Å². The minimum absolute atomic E-state index is 0. The Morgan fingerprint density at radius 3 is 2.69 bits per heavy atom. The average molecular weight is 703 g/mol. The SMILES string of the molecule is COc1ccc2cc3[n+](cc2c1OCCN(CCSc1nc2ccccc2[nH]1)Cc1ccc(F)cc1F)CCc1cc2c(cc1-3)OCO2.[Cl-]. The second-order valence-electron chi connectivity index (χ2n) is 11.8. The second kappa shape index (κ2) is 14.1. The van der Waals surface area contributed by atoms with Crippen LogP contribution in [-0.4, -0.2) is 54.2 Å². The van der Waals surface area contributed by atoms with E-state index in [4.69, 9.17) is 18.9 Å². The lowest BCUT2D eigenvalue weighted by atomic mass is 9.95. The average Bonchev–Trinajstić information content (AvgIpc) is 3.74. The van der Waals surface area contributed by atoms with Crippen molar-refractivity contribution < 1.29 is 44.7 Å². The van der Waals surface area contributed by atoms with Gasteiger partial charge in [-0.05, 0) is 53.4 Å². The van der Waals surface area contributed by atoms with Gasteiger partial charge in [0.1, 0.15) is 18.2 Å². The van der Waals surface area contributed by atoms with Gasteiger partial charge in [0.2, 0.25) is 12.5 Å². The maximum absolute atomic E-state index is 14.7. The van der Waals surface area contributed by atoms with Crippen molar-refractivity contribution in [1.82, 2.24) is 14.9 Å². The van der Waals surface area contributed by atoms with Gasteiger partial charge in [-0.15, -0.1) is 0 Å². The predicted octanol–water partition coefficient (Wildman–Crippen LogP) is 3.92. The lowest BCUT2D eigenvalue weighted by Crippen LogP contribution is -3.00. The van der Waals surface area contributed by atoms with Gasteiger partial charge in [-0.3, -0.25) is 4.90 Å². The summed E-state index contributed by atoms with van der Waals surface area (Å²) in [5, 5.41) is 2.79. The van der Waals surface area contributed by atoms with Crippen LogP contribution >= 0.6 is 11.8 Å². The zero-order valence-corrected chi connectivity index (χ0v) is 28.3. The van der Waals surface area contributed by atoms with Crippen molar-refractivity contribution in [3.63, 3.8) is 0 Å². The van der Waals surface area contributed by atoms with Gasteiger partial charge in [-0.2, -0.15) is 4.57 Å². The molecule has 0 radical (unpaired) electrons. The highest BCUT2D eigenvalue weighted by atomic mass is 35.5. The molecule has 2 aliphatic rings. The molecular weight excluding hydrogens is 670 g/mol. The third kappa shape index (κ3) is 6.70. The third-order valence-corrected chi connectivity index (χ3v) is 9.73. The number of aryl methyl sites for hydroxylation is 2. The van der Waals surface area contributed by atoms with Gasteiger partial charge in [0.15, 0.2) is 40.9 Å². The van der Waals surface area contributed by atoms with Crippen LogP contribution in [0.3, 0.4) is 0 Å². The number of aromatic amines is 1. The summed E-state index contributed by atoms with van der Waals surface area (Å²) in [5.74, 6) is 2.42. The molecule has 6 aromatic rings. The topological polar surface area (TPSA) is 72.7 Å². The zero-order valence-electron chi connectivity index (χ0n) is 26.7. The summed E-state index contributed by atoms with van der Waals surface area (Å²) >= 11 is 1.60. The molecule has 0 spiro atoms. The number of benzene rings is 4. The molecule has 2 aromatic heterocycles. The lowest BCUT2D eigenvalue weighted by molar-refractivity contribution is -0.686. The maximum atomic E-state index is 14.7. The largest absolute Gasteiger partial charge is 1.00 e. The number of H-pyrrole nitrogens is 1. The number of ether oxygens (including phenoxy) is 4. The number of pyridine rings is 1. The number of methoxy groups -OCH3 is 1. The van der Waals surface area contributed by atoms with E-state index in [1.54, 1.807) is 18.9 Å². The molecule has 0 saturated carbocycles. The quantitative estimate of drug-likeness (QED) is 0.162. The maximum Gasteiger partial charge on any atom is 0.231 e. The van der Waals surface area contributed by atoms with Crippen molar-refractivity contribution in [3.05, 3.63) is 102 Å². The molecule has 2 aliphatic heterocycles. The molecule has 0 amide bonds. The minimum Gasteiger partial charge on any atom is -1.00 e. The number of hydrogen-bond acceptors (Lipinski definition) is 7. The van der Waals surface area contributed by atoms with Gasteiger partial charge in [-0.1, -0.05) is 30.0 Å². The van der Waals surface area contributed by atoms with E-state index in [0.29, 0.717) is 49.1 Å². The van der Waals surface area contributed by atoms with Crippen LogP contribution in [0, 0.1) is 11.6 Å². The molecule has 8 rings (SSSR count). The molecule has 4 aromatic carbocycles. The molecule has 252 valence electrons. The number of aromatic nitrogens is 3. The standard InChI is InChI=1S/C37H33F2N4O4S.ClH/c1-44-33-9-7-23-16-32-27-19-35-34(46-22-47-35)17-24(27)10-11-43(32)21-28(23)36(33)45-14-12-42(20-25-6-8-26(38)18-29(25)39)13-15-48-37-40-30-4-2-3-5-31(30)41-37;/h2-9,16-19,21H,10-15,20,22H2,1H3,(H,40,41);1H/q+1;/p-1. The summed E-state index contributed by atoms with van der Waals surface area (Å²) in [5.41, 5.74) is 5.80. The summed E-state index contributed by atoms with van der Waals surface area (Å²) in [6.45, 7) is 2.85. The third-order valence-electron chi connectivity index (χ3n) is 8.87. The first-order chi connectivity index (χ1) is 23.5. The Balaban J connectivity index is 0.00000378. The van der Waals surface area contributed by atoms with Crippen molar-refractivity contribution in [2.75, 3.05) is 39.4 Å². The number of hydrogen-bond donors (Lipinski definition) is 1. The van der Waals surface area contributed by atoms with Gasteiger partial charge in [0.05, 0.1) is 29.1 Å². The summed E-state index contributed by atoms with van der Waals surface area (Å²) in [6.07, 6.45) is 3.00. The minimum atomic E-state index is -0.593. The fraction of sp³-hybridized carbons (Fsp3) is 0.243. The Morgan fingerprint density at radius 2 is 1.86 bits per heavy atom. The molecule has 0 aliphatic carbocycles. The van der Waals surface area contributed by atoms with Crippen LogP contribution < -0.4 is 35.9 Å². The molecular formula is C37H33ClF2N4O4S. The van der Waals surface area contributed by atoms with Crippen molar-refractivity contribution in [1.29, 1.82) is 0 Å². The van der Waals surface area contributed by atoms with E-state index >= 15 is 0 Å². The van der Waals surface area contributed by atoms with Crippen LogP contribution in [0.2, 0.25) is 0 Å². The Hall–Kier alpha value is -4.58. The first-order valence-electron chi connectivity index (χ1n) is 15.9. The van der Waals surface area contributed by atoms with Crippen LogP contribution in [0.25, 0.3) is 33.1 Å². The van der Waals surface area contributed by atoms with Crippen molar-refractivity contribution >= 4 is 33.6 Å². The summed E-state index contributed by atoms with van der Waals surface area (Å²) in [6, 6.07) is 21.9. The molecule has 0 unspecified atom stereocenters. The van der Waals surface area contributed by atoms with Gasteiger partial charge in [0, 0.05) is 49.5 Å². The Morgan fingerprint density at radius 1 is 1.00 bits per heavy atom. The monoisotopic (exact) mass is 702 g/mol. The van der Waals surface area contributed by atoms with Gasteiger partial charge < -0.3 is 36.3 Å². The van der Waals surface area contributed by atoms with Crippen LogP contribution in [0.4, 0.5) is 8.78 Å². The molecule has 49 heavy (non-hydrogen) atoms. The highest BCUT2D eigenvalue weighted by molar-refractivity contribution is 7.99. The normalized spacial score (nSPS) is 13.0. The first kappa shape index (κ1) is 32.9. The second-order valence-corrected chi connectivity index (χ2v) is 12.9. The number of imidazole rings is 1. The van der Waals surface area contributed by atoms with E-state index < -0.39 is 11.6 Å². The Labute approximate surface area is 292 Å². The van der Waals surface area contributed by atoms with Crippen molar-refractivity contribution in [3.8, 4) is 34.3 Å². The van der Waals surface area contributed by atoms with E-state index in [1.807, 2.05) is 36.4 Å². The van der Waals surface area contributed by atoms with Crippen LogP contribution in [-0.2, 0) is 19.5 Å². The number of nitrogens with zero attached hydrogens (tertiary/aromatic N) is 3. The molecule has 1 N–H and O–H groups in total. The Bertz CT molecular complexity index is 2130. The number of para-hydroxylation sites is 2. The van der Waals surface area contributed by atoms with E-state index in [1.165, 1.54) is 17.7 Å². The molecule has 12 heteroatoms. The molecule has 0 fully saturated rings. The number of nitrogens with one attached hydrogen (secondary N) is 1. The molecule has 4 heterocycles. The summed E-state index contributed by atoms with van der Waals surface area (Å²) in [7, 11) is 1.64. The highest BCUT2D eigenvalue weighted by Crippen LogP contribution is 2.41. The van der Waals surface area contributed by atoms with E-state index in [9.17, 15) is 8.78 Å². The number of fused-ring (bicyclic) bond motifs is 6. The number of thioether (sulfide) groups is 1. The molecule has 8 nitrogen and oxygen atoms in total. The Kier molecular flexibility index (Phi) is 9.48. The van der Waals surface area contributed by atoms with Crippen LogP contribution in [0.15, 0.2) is 84.1 Å². The fourth-order valence-corrected chi connectivity index (χ4v) is 7.30. The van der Waals surface area contributed by atoms with E-state index in [-0.39, 0.29) is 19.2 Å². The van der Waals surface area contributed by atoms with E-state index in [2.05, 4.69) is 43.8 Å². The number of halogens is 3. The molecule has 0 saturated heterocycles. The lowest BCUT2D eigenvalue weighted by Gasteiger charge is -2.23. The first-order valence-corrected chi connectivity index (χ1v) is 16.8. The predicted molar refractivity (Wildman–Crippen MR) is 180 cm³/mol. The fourth-order valence-electron chi connectivity index (χ4n) is 6.41. The highest BCUT2D eigenvalue weighted by Gasteiger charge is 2.29. The summed E-state index contributed by atoms with van der Waals surface area (Å²) < 4.78 is 54.2. The van der Waals surface area contributed by atoms with Gasteiger partial charge >= 0.3 is 0 Å². The molecule has 0 atom stereocenters. The summed E-state index contributed by atoms with van der Waals surface area (Å²) in [4.78, 5) is 10.1. The van der Waals surface area contributed by atoms with Crippen molar-refractivity contribution in [2.24, 2.45) is 0 Å². The smallest absolute Gasteiger partial charge is 0.231 e. The zero-order chi connectivity index (χ0) is 32.6. The van der Waals surface area contributed by atoms with Crippen molar-refractivity contribution in [2.45, 2.75) is 24.7 Å².